The summed E-state index contributed by atoms with van der Waals surface area (Å²) in [5.74, 6) is 1.87. The van der Waals surface area contributed by atoms with Gasteiger partial charge in [0.15, 0.2) is 11.5 Å². The van der Waals surface area contributed by atoms with Gasteiger partial charge in [0.1, 0.15) is 6.04 Å². The molecule has 0 fully saturated rings. The van der Waals surface area contributed by atoms with Crippen molar-refractivity contribution in [2.75, 3.05) is 14.2 Å². The fourth-order valence-electron chi connectivity index (χ4n) is 3.69. The minimum absolute atomic E-state index is 0.0735. The summed E-state index contributed by atoms with van der Waals surface area (Å²) in [7, 11) is 3.16. The molecule has 1 amide bonds. The van der Waals surface area contributed by atoms with Crippen LogP contribution in [0.3, 0.4) is 0 Å². The zero-order valence-electron chi connectivity index (χ0n) is 19.2. The quantitative estimate of drug-likeness (QED) is 0.369. The van der Waals surface area contributed by atoms with Crippen LogP contribution in [0.1, 0.15) is 29.5 Å². The van der Waals surface area contributed by atoms with Gasteiger partial charge in [0.05, 0.1) is 14.2 Å². The number of nitrogens with one attached hydrogen (secondary N) is 1. The fraction of sp³-hybridized carbons (Fsp3) is 0.222. The summed E-state index contributed by atoms with van der Waals surface area (Å²) in [6.07, 6.45) is 1.56. The minimum atomic E-state index is -0.452. The highest BCUT2D eigenvalue weighted by atomic mass is 16.5. The average molecular weight is 458 g/mol. The summed E-state index contributed by atoms with van der Waals surface area (Å²) in [5, 5.41) is 7.22. The molecule has 1 heterocycles. The Balaban J connectivity index is 1.53. The van der Waals surface area contributed by atoms with Gasteiger partial charge >= 0.3 is 0 Å². The number of carbonyl (C=O) groups is 1. The number of nitrogens with zero attached hydrogens (tertiary/aromatic N) is 2. The fourth-order valence-corrected chi connectivity index (χ4v) is 3.69. The number of hydrogen-bond donors (Lipinski definition) is 1. The molecule has 1 aromatic heterocycles. The Morgan fingerprint density at radius 1 is 0.912 bits per heavy atom. The maximum atomic E-state index is 12.8. The Morgan fingerprint density at radius 2 is 1.59 bits per heavy atom. The lowest BCUT2D eigenvalue weighted by Crippen LogP contribution is -2.30. The highest BCUT2D eigenvalue weighted by Crippen LogP contribution is 2.31. The van der Waals surface area contributed by atoms with Crippen LogP contribution in [0.4, 0.5) is 0 Å². The molecule has 0 bridgehead atoms. The number of rotatable bonds is 10. The van der Waals surface area contributed by atoms with Gasteiger partial charge in [-0.15, -0.1) is 0 Å². The summed E-state index contributed by atoms with van der Waals surface area (Å²) >= 11 is 0. The van der Waals surface area contributed by atoms with Crippen molar-refractivity contribution in [1.82, 2.24) is 15.5 Å². The lowest BCUT2D eigenvalue weighted by Gasteiger charge is -2.15. The van der Waals surface area contributed by atoms with Gasteiger partial charge < -0.3 is 19.3 Å². The highest BCUT2D eigenvalue weighted by molar-refractivity contribution is 5.76. The van der Waals surface area contributed by atoms with Gasteiger partial charge in [-0.1, -0.05) is 65.8 Å². The van der Waals surface area contributed by atoms with Crippen molar-refractivity contribution in [3.63, 3.8) is 0 Å². The molecule has 4 aromatic rings. The van der Waals surface area contributed by atoms with Crippen molar-refractivity contribution in [2.45, 2.75) is 25.3 Å². The van der Waals surface area contributed by atoms with Crippen LogP contribution in [-0.2, 0) is 17.6 Å². The van der Waals surface area contributed by atoms with Crippen LogP contribution in [0.5, 0.6) is 11.5 Å². The van der Waals surface area contributed by atoms with E-state index in [9.17, 15) is 4.79 Å². The van der Waals surface area contributed by atoms with Crippen LogP contribution < -0.4 is 14.8 Å². The second-order valence-electron chi connectivity index (χ2n) is 7.82. The number of aryl methyl sites for hydroxylation is 1. The van der Waals surface area contributed by atoms with Crippen molar-refractivity contribution < 1.29 is 18.8 Å². The Morgan fingerprint density at radius 3 is 2.26 bits per heavy atom. The largest absolute Gasteiger partial charge is 0.493 e. The molecule has 0 radical (unpaired) electrons. The van der Waals surface area contributed by atoms with Crippen LogP contribution >= 0.6 is 0 Å². The number of hydrogen-bond acceptors (Lipinski definition) is 6. The molecule has 174 valence electrons. The van der Waals surface area contributed by atoms with Gasteiger partial charge in [0, 0.05) is 18.4 Å². The van der Waals surface area contributed by atoms with Gasteiger partial charge in [0.25, 0.3) is 0 Å². The molecule has 0 saturated heterocycles. The first-order chi connectivity index (χ1) is 16.7. The summed E-state index contributed by atoms with van der Waals surface area (Å²) in [6.45, 7) is 0. The van der Waals surface area contributed by atoms with Crippen molar-refractivity contribution in [2.24, 2.45) is 0 Å². The number of ether oxygens (including phenoxy) is 2. The van der Waals surface area contributed by atoms with E-state index in [2.05, 4.69) is 15.5 Å². The van der Waals surface area contributed by atoms with Crippen molar-refractivity contribution >= 4 is 5.91 Å². The molecule has 0 spiro atoms. The molecule has 1 N–H and O–H groups in total. The third-order valence-corrected chi connectivity index (χ3v) is 5.48. The van der Waals surface area contributed by atoms with E-state index in [1.807, 2.05) is 66.7 Å². The number of carbonyl (C=O) groups excluding carboxylic acids is 1. The molecule has 0 aliphatic carbocycles. The van der Waals surface area contributed by atoms with E-state index >= 15 is 0 Å². The van der Waals surface area contributed by atoms with E-state index in [0.717, 1.165) is 16.7 Å². The molecule has 1 unspecified atom stereocenters. The monoisotopic (exact) mass is 457 g/mol. The molecule has 0 aliphatic heterocycles. The van der Waals surface area contributed by atoms with E-state index in [4.69, 9.17) is 14.0 Å². The van der Waals surface area contributed by atoms with Crippen molar-refractivity contribution in [1.29, 1.82) is 0 Å². The van der Waals surface area contributed by atoms with E-state index in [1.165, 1.54) is 0 Å². The van der Waals surface area contributed by atoms with Gasteiger partial charge in [-0.25, -0.2) is 0 Å². The molecule has 1 atom stereocenters. The van der Waals surface area contributed by atoms with Crippen LogP contribution in [0, 0.1) is 0 Å². The number of benzene rings is 3. The molecule has 34 heavy (non-hydrogen) atoms. The van der Waals surface area contributed by atoms with Crippen LogP contribution in [0.25, 0.3) is 11.4 Å². The van der Waals surface area contributed by atoms with Gasteiger partial charge in [0.2, 0.25) is 17.6 Å². The Labute approximate surface area is 198 Å². The first-order valence-electron chi connectivity index (χ1n) is 11.1. The standard InChI is InChI=1S/C27H27N3O4/c1-32-23-15-14-21(18-24(23)33-2)26-29-27(34-30-26)22(17-20-11-7-4-8-12-20)28-25(31)16-13-19-9-5-3-6-10-19/h3-12,14-15,18,22H,13,16-17H2,1-2H3,(H,28,31). The number of amides is 1. The molecular formula is C27H27N3O4. The SMILES string of the molecule is COc1ccc(-c2noc(C(Cc3ccccc3)NC(=O)CCc3ccccc3)n2)cc1OC. The summed E-state index contributed by atoms with van der Waals surface area (Å²) in [4.78, 5) is 17.4. The number of aromatic nitrogens is 2. The first kappa shape index (κ1) is 23.0. The van der Waals surface area contributed by atoms with E-state index < -0.39 is 6.04 Å². The molecule has 3 aromatic carbocycles. The van der Waals surface area contributed by atoms with E-state index in [1.54, 1.807) is 26.4 Å². The lowest BCUT2D eigenvalue weighted by atomic mass is 10.0. The van der Waals surface area contributed by atoms with E-state index in [0.29, 0.717) is 42.5 Å². The van der Waals surface area contributed by atoms with Gasteiger partial charge in [-0.2, -0.15) is 4.98 Å². The zero-order chi connectivity index (χ0) is 23.8. The second kappa shape index (κ2) is 11.1. The topological polar surface area (TPSA) is 86.5 Å². The predicted molar refractivity (Wildman–Crippen MR) is 129 cm³/mol. The maximum absolute atomic E-state index is 12.8. The first-order valence-corrected chi connectivity index (χ1v) is 11.1. The van der Waals surface area contributed by atoms with Crippen LogP contribution in [-0.4, -0.2) is 30.3 Å². The van der Waals surface area contributed by atoms with E-state index in [-0.39, 0.29) is 5.91 Å². The zero-order valence-corrected chi connectivity index (χ0v) is 19.2. The van der Waals surface area contributed by atoms with Crippen molar-refractivity contribution in [3.05, 3.63) is 95.9 Å². The summed E-state index contributed by atoms with van der Waals surface area (Å²) in [6, 6.07) is 24.8. The van der Waals surface area contributed by atoms with Gasteiger partial charge in [-0.05, 0) is 35.7 Å². The van der Waals surface area contributed by atoms with Crippen molar-refractivity contribution in [3.8, 4) is 22.9 Å². The normalized spacial score (nSPS) is 11.6. The number of methoxy groups -OCH3 is 2. The Bertz CT molecular complexity index is 1210. The molecule has 7 heteroatoms. The van der Waals surface area contributed by atoms with Gasteiger partial charge in [-0.3, -0.25) is 4.79 Å². The van der Waals surface area contributed by atoms with Crippen LogP contribution in [0.2, 0.25) is 0 Å². The highest BCUT2D eigenvalue weighted by Gasteiger charge is 2.23. The molecular weight excluding hydrogens is 430 g/mol. The Hall–Kier alpha value is -4.13. The summed E-state index contributed by atoms with van der Waals surface area (Å²) in [5.41, 5.74) is 2.90. The Kier molecular flexibility index (Phi) is 7.55. The van der Waals surface area contributed by atoms with Crippen LogP contribution in [0.15, 0.2) is 83.4 Å². The molecule has 0 aliphatic rings. The molecule has 4 rings (SSSR count). The minimum Gasteiger partial charge on any atom is -0.493 e. The lowest BCUT2D eigenvalue weighted by molar-refractivity contribution is -0.122. The summed E-state index contributed by atoms with van der Waals surface area (Å²) < 4.78 is 16.3. The maximum Gasteiger partial charge on any atom is 0.249 e. The third kappa shape index (κ3) is 5.81. The second-order valence-corrected chi connectivity index (χ2v) is 7.82. The average Bonchev–Trinajstić information content (AvgIpc) is 3.38. The molecule has 7 nitrogen and oxygen atoms in total. The molecule has 0 saturated carbocycles. The smallest absolute Gasteiger partial charge is 0.249 e. The predicted octanol–water partition coefficient (Wildman–Crippen LogP) is 4.79. The third-order valence-electron chi connectivity index (χ3n) is 5.48.